The van der Waals surface area contributed by atoms with Gasteiger partial charge in [0.25, 0.3) is 0 Å². The van der Waals surface area contributed by atoms with Crippen molar-refractivity contribution < 1.29 is 0 Å². The first-order chi connectivity index (χ1) is 11.1. The number of guanidine groups is 1. The first kappa shape index (κ1) is 16.9. The van der Waals surface area contributed by atoms with Gasteiger partial charge >= 0.3 is 0 Å². The van der Waals surface area contributed by atoms with Gasteiger partial charge in [-0.2, -0.15) is 0 Å². The molecule has 0 bridgehead atoms. The van der Waals surface area contributed by atoms with Crippen LogP contribution in [0.3, 0.4) is 0 Å². The van der Waals surface area contributed by atoms with Crippen LogP contribution in [0.2, 0.25) is 0 Å². The maximum atomic E-state index is 4.30. The highest BCUT2D eigenvalue weighted by atomic mass is 15.2. The summed E-state index contributed by atoms with van der Waals surface area (Å²) in [6.45, 7) is 2.88. The Labute approximate surface area is 139 Å². The normalized spacial score (nSPS) is 12.6. The highest BCUT2D eigenvalue weighted by Crippen LogP contribution is 2.13. The van der Waals surface area contributed by atoms with Crippen LogP contribution in [-0.2, 0) is 6.54 Å². The van der Waals surface area contributed by atoms with Gasteiger partial charge < -0.3 is 15.5 Å². The lowest BCUT2D eigenvalue weighted by Gasteiger charge is -2.18. The van der Waals surface area contributed by atoms with E-state index in [9.17, 15) is 0 Å². The fraction of sp³-hybridized carbons (Fsp3) is 0.316. The molecule has 0 heterocycles. The Hall–Kier alpha value is -2.49. The summed E-state index contributed by atoms with van der Waals surface area (Å²) in [5.41, 5.74) is 3.67. The van der Waals surface area contributed by atoms with Gasteiger partial charge in [-0.05, 0) is 30.2 Å². The Morgan fingerprint density at radius 3 is 2.26 bits per heavy atom. The molecule has 0 aliphatic rings. The summed E-state index contributed by atoms with van der Waals surface area (Å²) in [5, 5.41) is 6.77. The zero-order chi connectivity index (χ0) is 16.7. The van der Waals surface area contributed by atoms with E-state index in [1.165, 1.54) is 16.8 Å². The molecule has 0 aliphatic heterocycles. The summed E-state index contributed by atoms with van der Waals surface area (Å²) in [6, 6.07) is 19.1. The van der Waals surface area contributed by atoms with Gasteiger partial charge in [0.2, 0.25) is 0 Å². The van der Waals surface area contributed by atoms with Crippen LogP contribution >= 0.6 is 0 Å². The van der Waals surface area contributed by atoms with Gasteiger partial charge in [-0.15, -0.1) is 0 Å². The van der Waals surface area contributed by atoms with Crippen molar-refractivity contribution >= 4 is 11.6 Å². The number of hydrogen-bond acceptors (Lipinski definition) is 2. The summed E-state index contributed by atoms with van der Waals surface area (Å²) in [7, 11) is 5.89. The third kappa shape index (κ3) is 5.02. The van der Waals surface area contributed by atoms with E-state index >= 15 is 0 Å². The van der Waals surface area contributed by atoms with Crippen LogP contribution in [0.1, 0.15) is 24.1 Å². The molecule has 0 spiro atoms. The largest absolute Gasteiger partial charge is 0.378 e. The van der Waals surface area contributed by atoms with Gasteiger partial charge in [-0.1, -0.05) is 42.5 Å². The van der Waals surface area contributed by atoms with Crippen molar-refractivity contribution in [2.75, 3.05) is 26.0 Å². The zero-order valence-corrected chi connectivity index (χ0v) is 14.4. The third-order valence-corrected chi connectivity index (χ3v) is 3.79. The van der Waals surface area contributed by atoms with E-state index in [1.54, 1.807) is 7.05 Å². The van der Waals surface area contributed by atoms with Crippen LogP contribution in [0.25, 0.3) is 0 Å². The van der Waals surface area contributed by atoms with Crippen LogP contribution in [0.4, 0.5) is 5.69 Å². The van der Waals surface area contributed by atoms with Gasteiger partial charge in [0, 0.05) is 33.4 Å². The quantitative estimate of drug-likeness (QED) is 0.658. The molecule has 0 amide bonds. The Morgan fingerprint density at radius 2 is 1.70 bits per heavy atom. The second-order valence-corrected chi connectivity index (χ2v) is 5.76. The summed E-state index contributed by atoms with van der Waals surface area (Å²) in [4.78, 5) is 6.40. The second-order valence-electron chi connectivity index (χ2n) is 5.76. The van der Waals surface area contributed by atoms with E-state index in [4.69, 9.17) is 0 Å². The molecule has 2 aromatic carbocycles. The number of benzene rings is 2. The van der Waals surface area contributed by atoms with E-state index in [-0.39, 0.29) is 6.04 Å². The van der Waals surface area contributed by atoms with Crippen LogP contribution < -0.4 is 15.5 Å². The summed E-state index contributed by atoms with van der Waals surface area (Å²) < 4.78 is 0. The monoisotopic (exact) mass is 310 g/mol. The van der Waals surface area contributed by atoms with Crippen molar-refractivity contribution in [2.45, 2.75) is 19.5 Å². The molecule has 0 aromatic heterocycles. The highest BCUT2D eigenvalue weighted by molar-refractivity contribution is 5.80. The predicted octanol–water partition coefficient (Wildman–Crippen LogP) is 3.18. The maximum absolute atomic E-state index is 4.30. The summed E-state index contributed by atoms with van der Waals surface area (Å²) in [5.74, 6) is 0.804. The first-order valence-electron chi connectivity index (χ1n) is 7.88. The molecule has 4 nitrogen and oxygen atoms in total. The number of nitrogens with zero attached hydrogens (tertiary/aromatic N) is 2. The van der Waals surface area contributed by atoms with Gasteiger partial charge in [0.05, 0.1) is 6.04 Å². The topological polar surface area (TPSA) is 39.7 Å². The lowest BCUT2D eigenvalue weighted by molar-refractivity contribution is 0.685. The van der Waals surface area contributed by atoms with Gasteiger partial charge in [0.15, 0.2) is 5.96 Å². The first-order valence-corrected chi connectivity index (χ1v) is 7.88. The predicted molar refractivity (Wildman–Crippen MR) is 99.0 cm³/mol. The van der Waals surface area contributed by atoms with E-state index in [1.807, 2.05) is 20.2 Å². The van der Waals surface area contributed by atoms with Crippen LogP contribution in [-0.4, -0.2) is 27.1 Å². The SMILES string of the molecule is CN=C(NCc1ccc(N(C)C)cc1)NC(C)c1ccccc1. The molecule has 4 heteroatoms. The van der Waals surface area contributed by atoms with E-state index in [0.717, 1.165) is 12.5 Å². The minimum atomic E-state index is 0.207. The van der Waals surface area contributed by atoms with Gasteiger partial charge in [0.1, 0.15) is 0 Å². The molecule has 0 saturated heterocycles. The molecule has 2 N–H and O–H groups in total. The number of anilines is 1. The van der Waals surface area contributed by atoms with Crippen LogP contribution in [0.15, 0.2) is 59.6 Å². The minimum absolute atomic E-state index is 0.207. The second kappa shape index (κ2) is 8.22. The molecule has 1 unspecified atom stereocenters. The van der Waals surface area contributed by atoms with Crippen molar-refractivity contribution in [3.8, 4) is 0 Å². The molecular weight excluding hydrogens is 284 g/mol. The fourth-order valence-corrected chi connectivity index (χ4v) is 2.32. The average molecular weight is 310 g/mol. The van der Waals surface area contributed by atoms with Crippen LogP contribution in [0.5, 0.6) is 0 Å². The lowest BCUT2D eigenvalue weighted by Crippen LogP contribution is -2.38. The Morgan fingerprint density at radius 1 is 1.04 bits per heavy atom. The summed E-state index contributed by atoms with van der Waals surface area (Å²) >= 11 is 0. The van der Waals surface area contributed by atoms with E-state index < -0.39 is 0 Å². The number of rotatable bonds is 5. The third-order valence-electron chi connectivity index (χ3n) is 3.79. The average Bonchev–Trinajstić information content (AvgIpc) is 2.59. The molecule has 0 aliphatic carbocycles. The van der Waals surface area contributed by atoms with Crippen molar-refractivity contribution in [3.63, 3.8) is 0 Å². The zero-order valence-electron chi connectivity index (χ0n) is 14.4. The molecule has 0 radical (unpaired) electrons. The molecule has 2 aromatic rings. The van der Waals surface area contributed by atoms with Gasteiger partial charge in [-0.25, -0.2) is 0 Å². The maximum Gasteiger partial charge on any atom is 0.191 e. The Balaban J connectivity index is 1.90. The van der Waals surface area contributed by atoms with Crippen molar-refractivity contribution in [1.29, 1.82) is 0 Å². The standard InChI is InChI=1S/C19H26N4/c1-15(17-8-6-5-7-9-17)22-19(20-2)21-14-16-10-12-18(13-11-16)23(3)4/h5-13,15H,14H2,1-4H3,(H2,20,21,22). The molecular formula is C19H26N4. The minimum Gasteiger partial charge on any atom is -0.378 e. The molecule has 0 saturated carbocycles. The number of aliphatic imine (C=N–C) groups is 1. The Bertz CT molecular complexity index is 618. The Kier molecular flexibility index (Phi) is 6.03. The van der Waals surface area contributed by atoms with E-state index in [2.05, 4.69) is 76.0 Å². The van der Waals surface area contributed by atoms with Gasteiger partial charge in [-0.3, -0.25) is 4.99 Å². The van der Waals surface area contributed by atoms with Crippen molar-refractivity contribution in [2.24, 2.45) is 4.99 Å². The molecule has 1 atom stereocenters. The summed E-state index contributed by atoms with van der Waals surface area (Å²) in [6.07, 6.45) is 0. The fourth-order valence-electron chi connectivity index (χ4n) is 2.32. The smallest absolute Gasteiger partial charge is 0.191 e. The number of hydrogen-bond donors (Lipinski definition) is 2. The highest BCUT2D eigenvalue weighted by Gasteiger charge is 2.07. The molecule has 23 heavy (non-hydrogen) atoms. The number of nitrogens with one attached hydrogen (secondary N) is 2. The van der Waals surface area contributed by atoms with Crippen molar-refractivity contribution in [1.82, 2.24) is 10.6 Å². The van der Waals surface area contributed by atoms with Crippen LogP contribution in [0, 0.1) is 0 Å². The van der Waals surface area contributed by atoms with Crippen molar-refractivity contribution in [3.05, 3.63) is 65.7 Å². The lowest BCUT2D eigenvalue weighted by atomic mass is 10.1. The molecule has 0 fully saturated rings. The molecule has 122 valence electrons. The molecule has 2 rings (SSSR count). The van der Waals surface area contributed by atoms with E-state index in [0.29, 0.717) is 0 Å².